The molecule has 7 nitrogen and oxygen atoms in total. The van der Waals surface area contributed by atoms with Crippen molar-refractivity contribution in [2.24, 2.45) is 5.73 Å². The van der Waals surface area contributed by atoms with Crippen LogP contribution in [0, 0.1) is 11.3 Å². The van der Waals surface area contributed by atoms with Crippen LogP contribution in [-0.2, 0) is 0 Å². The van der Waals surface area contributed by atoms with E-state index in [1.807, 2.05) is 30.3 Å². The Kier molecular flexibility index (Phi) is 8.77. The van der Waals surface area contributed by atoms with Crippen molar-refractivity contribution >= 4 is 28.8 Å². The minimum atomic E-state index is -0.0373. The number of anilines is 1. The van der Waals surface area contributed by atoms with Crippen molar-refractivity contribution in [3.63, 3.8) is 0 Å². The van der Waals surface area contributed by atoms with Crippen molar-refractivity contribution in [2.75, 3.05) is 31.9 Å². The van der Waals surface area contributed by atoms with Crippen LogP contribution in [0.1, 0.15) is 27.0 Å². The predicted octanol–water partition coefficient (Wildman–Crippen LogP) is 3.31. The molecule has 1 atom stereocenters. The van der Waals surface area contributed by atoms with E-state index in [0.717, 1.165) is 23.2 Å². The van der Waals surface area contributed by atoms with Gasteiger partial charge in [0.05, 0.1) is 22.9 Å². The zero-order chi connectivity index (χ0) is 24.5. The van der Waals surface area contributed by atoms with Crippen LogP contribution in [0.4, 0.5) is 5.69 Å². The second kappa shape index (κ2) is 12.0. The van der Waals surface area contributed by atoms with Crippen molar-refractivity contribution in [3.05, 3.63) is 101 Å². The van der Waals surface area contributed by atoms with Crippen LogP contribution >= 0.6 is 11.6 Å². The van der Waals surface area contributed by atoms with Gasteiger partial charge in [-0.3, -0.25) is 9.78 Å². The number of aromatic nitrogens is 1. The van der Waals surface area contributed by atoms with E-state index in [0.29, 0.717) is 41.5 Å². The first kappa shape index (κ1) is 24.9. The lowest BCUT2D eigenvalue weighted by molar-refractivity contribution is 0.0705. The number of nitrogens with two attached hydrogens (primary N) is 2. The minimum absolute atomic E-state index is 0.0373. The number of piperazine rings is 1. The fourth-order valence-electron chi connectivity index (χ4n) is 3.55. The number of nitrogens with zero attached hydrogens (tertiary/aromatic N) is 3. The number of rotatable bonds is 4. The molecule has 0 spiro atoms. The first-order chi connectivity index (χ1) is 16.4. The van der Waals surface area contributed by atoms with Gasteiger partial charge in [-0.05, 0) is 35.4 Å². The third-order valence-electron chi connectivity index (χ3n) is 5.38. The number of carbonyl (C=O) groups is 1. The number of carbonyl (C=O) groups excluding carboxylic acids is 1. The van der Waals surface area contributed by atoms with Gasteiger partial charge in [-0.25, -0.2) is 0 Å². The molecule has 1 unspecified atom stereocenters. The Labute approximate surface area is 204 Å². The molecule has 174 valence electrons. The van der Waals surface area contributed by atoms with Gasteiger partial charge in [0.2, 0.25) is 0 Å². The van der Waals surface area contributed by atoms with Crippen molar-refractivity contribution in [1.29, 1.82) is 5.26 Å². The summed E-state index contributed by atoms with van der Waals surface area (Å²) in [5, 5.41) is 12.7. The highest BCUT2D eigenvalue weighted by atomic mass is 35.5. The van der Waals surface area contributed by atoms with Crippen LogP contribution < -0.4 is 16.8 Å². The van der Waals surface area contributed by atoms with Gasteiger partial charge < -0.3 is 21.7 Å². The molecule has 1 saturated heterocycles. The fourth-order valence-corrected chi connectivity index (χ4v) is 3.78. The molecule has 0 bridgehead atoms. The van der Waals surface area contributed by atoms with Crippen LogP contribution in [0.5, 0.6) is 0 Å². The van der Waals surface area contributed by atoms with Crippen LogP contribution in [0.25, 0.3) is 5.57 Å². The number of hydrogen-bond acceptors (Lipinski definition) is 6. The van der Waals surface area contributed by atoms with Gasteiger partial charge in [0.25, 0.3) is 5.91 Å². The Morgan fingerprint density at radius 1 is 1.21 bits per heavy atom. The van der Waals surface area contributed by atoms with Crippen LogP contribution in [0.3, 0.4) is 0 Å². The number of pyridine rings is 1. The fraction of sp³-hybridized carbons (Fsp3) is 0.192. The maximum Gasteiger partial charge on any atom is 0.255 e. The molecule has 1 aliphatic heterocycles. The van der Waals surface area contributed by atoms with Crippen LogP contribution in [-0.4, -0.2) is 48.0 Å². The van der Waals surface area contributed by atoms with Gasteiger partial charge in [-0.1, -0.05) is 48.5 Å². The van der Waals surface area contributed by atoms with Gasteiger partial charge in [0.15, 0.2) is 0 Å². The summed E-state index contributed by atoms with van der Waals surface area (Å²) in [4.78, 5) is 17.9. The molecule has 1 fully saturated rings. The number of nitriles is 1. The molecule has 8 heteroatoms. The average molecular weight is 475 g/mol. The summed E-state index contributed by atoms with van der Waals surface area (Å²) < 4.78 is 0. The first-order valence-electron chi connectivity index (χ1n) is 10.8. The normalized spacial score (nSPS) is 15.0. The average Bonchev–Trinajstić information content (AvgIpc) is 2.89. The molecule has 4 rings (SSSR count). The zero-order valence-electron chi connectivity index (χ0n) is 18.7. The number of nitrogens with one attached hydrogen (secondary N) is 1. The highest BCUT2D eigenvalue weighted by Crippen LogP contribution is 2.28. The van der Waals surface area contributed by atoms with Gasteiger partial charge in [-0.15, -0.1) is 0 Å². The van der Waals surface area contributed by atoms with Crippen LogP contribution in [0.2, 0.25) is 5.02 Å². The van der Waals surface area contributed by atoms with Gasteiger partial charge in [0, 0.05) is 55.2 Å². The van der Waals surface area contributed by atoms with Crippen LogP contribution in [0.15, 0.2) is 73.6 Å². The Morgan fingerprint density at radius 3 is 2.65 bits per heavy atom. The van der Waals surface area contributed by atoms with E-state index in [1.54, 1.807) is 29.2 Å². The summed E-state index contributed by atoms with van der Waals surface area (Å²) >= 11 is 6.13. The van der Waals surface area contributed by atoms with Crippen molar-refractivity contribution < 1.29 is 4.79 Å². The Balaban J connectivity index is 0.000000191. The number of nitrogen functional groups attached to an aromatic ring is 1. The number of hydrogen-bond donors (Lipinski definition) is 3. The Hall–Kier alpha value is -3.70. The molecule has 1 aromatic heterocycles. The molecule has 1 amide bonds. The highest BCUT2D eigenvalue weighted by Gasteiger charge is 2.23. The van der Waals surface area contributed by atoms with E-state index in [-0.39, 0.29) is 11.9 Å². The number of amides is 1. The SMILES string of the molecule is C=C(c1ccccc1)c1cc(C#N)ccc1Cl.NCC1CN(C(=O)c2cncc(N)c2)CCN1. The molecule has 0 saturated carbocycles. The summed E-state index contributed by atoms with van der Waals surface area (Å²) in [7, 11) is 0. The van der Waals surface area contributed by atoms with Gasteiger partial charge in [-0.2, -0.15) is 5.26 Å². The van der Waals surface area contributed by atoms with Crippen molar-refractivity contribution in [2.45, 2.75) is 6.04 Å². The van der Waals surface area contributed by atoms with Gasteiger partial charge in [0.1, 0.15) is 0 Å². The number of benzene rings is 2. The molecule has 0 aliphatic carbocycles. The van der Waals surface area contributed by atoms with E-state index >= 15 is 0 Å². The second-order valence-electron chi connectivity index (χ2n) is 7.80. The first-order valence-corrected chi connectivity index (χ1v) is 11.2. The predicted molar refractivity (Wildman–Crippen MR) is 136 cm³/mol. The Bertz CT molecular complexity index is 1190. The van der Waals surface area contributed by atoms with E-state index < -0.39 is 0 Å². The molecule has 1 aliphatic rings. The largest absolute Gasteiger partial charge is 0.397 e. The third kappa shape index (κ3) is 6.42. The minimum Gasteiger partial charge on any atom is -0.397 e. The third-order valence-corrected chi connectivity index (χ3v) is 5.71. The summed E-state index contributed by atoms with van der Waals surface area (Å²) in [6, 6.07) is 18.9. The summed E-state index contributed by atoms with van der Waals surface area (Å²) in [6.07, 6.45) is 3.06. The summed E-state index contributed by atoms with van der Waals surface area (Å²) in [5.41, 5.74) is 15.5. The van der Waals surface area contributed by atoms with E-state index in [1.165, 1.54) is 12.4 Å². The maximum absolute atomic E-state index is 12.2. The lowest BCUT2D eigenvalue weighted by atomic mass is 9.98. The quantitative estimate of drug-likeness (QED) is 0.533. The summed E-state index contributed by atoms with van der Waals surface area (Å²) in [6.45, 7) is 6.65. The van der Waals surface area contributed by atoms with E-state index in [9.17, 15) is 4.79 Å². The topological polar surface area (TPSA) is 121 Å². The highest BCUT2D eigenvalue weighted by molar-refractivity contribution is 6.32. The molecule has 2 aromatic carbocycles. The Morgan fingerprint density at radius 2 is 1.97 bits per heavy atom. The molecule has 0 radical (unpaired) electrons. The standard InChI is InChI=1S/C15H10ClN.C11H17N5O/c1-11(13-5-3-2-4-6-13)14-9-12(10-17)7-8-15(14)16;12-4-10-7-16(2-1-15-10)11(17)8-3-9(13)6-14-5-8/h2-9H,1H2;3,5-6,10,15H,1-2,4,7,12-13H2. The smallest absolute Gasteiger partial charge is 0.255 e. The van der Waals surface area contributed by atoms with Crippen molar-refractivity contribution in [1.82, 2.24) is 15.2 Å². The van der Waals surface area contributed by atoms with E-state index in [4.69, 9.17) is 28.3 Å². The lowest BCUT2D eigenvalue weighted by Crippen LogP contribution is -2.55. The number of halogens is 1. The maximum atomic E-state index is 12.2. The summed E-state index contributed by atoms with van der Waals surface area (Å²) in [5.74, 6) is -0.0373. The monoisotopic (exact) mass is 474 g/mol. The molecule has 2 heterocycles. The molecular weight excluding hydrogens is 448 g/mol. The van der Waals surface area contributed by atoms with Gasteiger partial charge >= 0.3 is 0 Å². The molecular formula is C26H27ClN6O. The zero-order valence-corrected chi connectivity index (χ0v) is 19.5. The second-order valence-corrected chi connectivity index (χ2v) is 8.20. The molecule has 34 heavy (non-hydrogen) atoms. The molecule has 3 aromatic rings. The lowest BCUT2D eigenvalue weighted by Gasteiger charge is -2.33. The van der Waals surface area contributed by atoms with E-state index in [2.05, 4.69) is 22.9 Å². The van der Waals surface area contributed by atoms with Crippen molar-refractivity contribution in [3.8, 4) is 6.07 Å². The molecule has 5 N–H and O–H groups in total.